The zero-order chi connectivity index (χ0) is 11.5. The van der Waals surface area contributed by atoms with Crippen molar-refractivity contribution in [3.63, 3.8) is 0 Å². The van der Waals surface area contributed by atoms with Crippen molar-refractivity contribution in [2.75, 3.05) is 19.7 Å². The van der Waals surface area contributed by atoms with E-state index in [1.165, 1.54) is 0 Å². The lowest BCUT2D eigenvalue weighted by Gasteiger charge is -2.22. The minimum absolute atomic E-state index is 0.0447. The van der Waals surface area contributed by atoms with Gasteiger partial charge in [0.1, 0.15) is 0 Å². The second-order valence-electron chi connectivity index (χ2n) is 5.93. The van der Waals surface area contributed by atoms with E-state index < -0.39 is 0 Å². The minimum atomic E-state index is -0.294. The Hall–Kier alpha value is -0.570. The van der Waals surface area contributed by atoms with Gasteiger partial charge in [-0.05, 0) is 31.7 Å². The Morgan fingerprint density at radius 2 is 2.13 bits per heavy atom. The lowest BCUT2D eigenvalue weighted by Crippen LogP contribution is -2.32. The van der Waals surface area contributed by atoms with Gasteiger partial charge in [-0.1, -0.05) is 20.8 Å². The van der Waals surface area contributed by atoms with Gasteiger partial charge >= 0.3 is 5.97 Å². The highest BCUT2D eigenvalue weighted by molar-refractivity contribution is 5.77. The van der Waals surface area contributed by atoms with Gasteiger partial charge in [0, 0.05) is 6.54 Å². The van der Waals surface area contributed by atoms with E-state index in [2.05, 4.69) is 26.1 Å². The van der Waals surface area contributed by atoms with Crippen LogP contribution in [0.5, 0.6) is 0 Å². The molecule has 1 N–H and O–H groups in total. The number of hydrogen-bond donors (Lipinski definition) is 1. The van der Waals surface area contributed by atoms with Gasteiger partial charge in [-0.2, -0.15) is 0 Å². The van der Waals surface area contributed by atoms with Gasteiger partial charge in [0.05, 0.1) is 12.0 Å². The molecule has 0 aromatic rings. The van der Waals surface area contributed by atoms with Gasteiger partial charge < -0.3 is 10.1 Å². The molecule has 3 heteroatoms. The topological polar surface area (TPSA) is 38.3 Å². The van der Waals surface area contributed by atoms with Crippen LogP contribution < -0.4 is 5.32 Å². The molecule has 0 aliphatic carbocycles. The maximum atomic E-state index is 11.8. The number of rotatable bonds is 3. The maximum absolute atomic E-state index is 11.8. The summed E-state index contributed by atoms with van der Waals surface area (Å²) in [6, 6.07) is 0. The molecule has 88 valence electrons. The number of carbonyl (C=O) groups excluding carboxylic acids is 1. The van der Waals surface area contributed by atoms with E-state index in [-0.39, 0.29) is 16.8 Å². The van der Waals surface area contributed by atoms with Crippen LogP contribution in [0.15, 0.2) is 0 Å². The molecule has 0 spiro atoms. The van der Waals surface area contributed by atoms with Crippen molar-refractivity contribution in [2.45, 2.75) is 40.5 Å². The molecule has 0 radical (unpaired) electrons. The predicted octanol–water partition coefficient (Wildman–Crippen LogP) is 1.97. The van der Waals surface area contributed by atoms with Gasteiger partial charge in [0.15, 0.2) is 0 Å². The largest absolute Gasteiger partial charge is 0.465 e. The number of hydrogen-bond acceptors (Lipinski definition) is 3. The van der Waals surface area contributed by atoms with Crippen molar-refractivity contribution in [3.05, 3.63) is 0 Å². The third kappa shape index (κ3) is 3.82. The fraction of sp³-hybridized carbons (Fsp3) is 0.917. The van der Waals surface area contributed by atoms with E-state index in [9.17, 15) is 4.79 Å². The summed E-state index contributed by atoms with van der Waals surface area (Å²) < 4.78 is 5.33. The third-order valence-corrected chi connectivity index (χ3v) is 2.95. The summed E-state index contributed by atoms with van der Waals surface area (Å²) in [4.78, 5) is 11.8. The highest BCUT2D eigenvalue weighted by Crippen LogP contribution is 2.26. The highest BCUT2D eigenvalue weighted by atomic mass is 16.5. The monoisotopic (exact) mass is 213 g/mol. The SMILES string of the molecule is CC(C)(C)CCOC(=O)C1(C)CCNC1. The molecular weight excluding hydrogens is 190 g/mol. The van der Waals surface area contributed by atoms with Gasteiger partial charge in [0.25, 0.3) is 0 Å². The average molecular weight is 213 g/mol. The maximum Gasteiger partial charge on any atom is 0.313 e. The fourth-order valence-corrected chi connectivity index (χ4v) is 1.62. The van der Waals surface area contributed by atoms with E-state index in [1.54, 1.807) is 0 Å². The van der Waals surface area contributed by atoms with E-state index in [0.717, 1.165) is 25.9 Å². The third-order valence-electron chi connectivity index (χ3n) is 2.95. The first kappa shape index (κ1) is 12.5. The molecule has 0 amide bonds. The first-order chi connectivity index (χ1) is 6.83. The zero-order valence-corrected chi connectivity index (χ0v) is 10.4. The lowest BCUT2D eigenvalue weighted by molar-refractivity contribution is -0.154. The molecule has 1 rings (SSSR count). The fourth-order valence-electron chi connectivity index (χ4n) is 1.62. The van der Waals surface area contributed by atoms with Gasteiger partial charge in [-0.15, -0.1) is 0 Å². The second-order valence-corrected chi connectivity index (χ2v) is 5.93. The summed E-state index contributed by atoms with van der Waals surface area (Å²) in [6.45, 7) is 10.6. The first-order valence-electron chi connectivity index (χ1n) is 5.71. The Morgan fingerprint density at radius 3 is 2.60 bits per heavy atom. The molecule has 0 saturated carbocycles. The van der Waals surface area contributed by atoms with Crippen molar-refractivity contribution in [3.8, 4) is 0 Å². The molecule has 1 fully saturated rings. The summed E-state index contributed by atoms with van der Waals surface area (Å²) >= 11 is 0. The van der Waals surface area contributed by atoms with Crippen molar-refractivity contribution >= 4 is 5.97 Å². The first-order valence-corrected chi connectivity index (χ1v) is 5.71. The Bertz CT molecular complexity index is 224. The number of ether oxygens (including phenoxy) is 1. The smallest absolute Gasteiger partial charge is 0.313 e. The standard InChI is InChI=1S/C12H23NO2/c1-11(2,3)6-8-15-10(14)12(4)5-7-13-9-12/h13H,5-9H2,1-4H3. The zero-order valence-electron chi connectivity index (χ0n) is 10.4. The number of nitrogens with one attached hydrogen (secondary N) is 1. The van der Waals surface area contributed by atoms with Crippen molar-refractivity contribution < 1.29 is 9.53 Å². The van der Waals surface area contributed by atoms with Crippen molar-refractivity contribution in [1.82, 2.24) is 5.32 Å². The van der Waals surface area contributed by atoms with Crippen LogP contribution in [-0.4, -0.2) is 25.7 Å². The van der Waals surface area contributed by atoms with Crippen LogP contribution in [0.4, 0.5) is 0 Å². The molecule has 0 aromatic carbocycles. The van der Waals surface area contributed by atoms with Crippen LogP contribution in [0.25, 0.3) is 0 Å². The van der Waals surface area contributed by atoms with E-state index in [0.29, 0.717) is 6.61 Å². The van der Waals surface area contributed by atoms with Crippen LogP contribution in [0.1, 0.15) is 40.5 Å². The molecule has 15 heavy (non-hydrogen) atoms. The van der Waals surface area contributed by atoms with Crippen LogP contribution >= 0.6 is 0 Å². The number of esters is 1. The van der Waals surface area contributed by atoms with Gasteiger partial charge in [0.2, 0.25) is 0 Å². The molecule has 1 saturated heterocycles. The molecular formula is C12H23NO2. The van der Waals surface area contributed by atoms with Crippen LogP contribution in [-0.2, 0) is 9.53 Å². The molecule has 0 bridgehead atoms. The van der Waals surface area contributed by atoms with Crippen molar-refractivity contribution in [2.24, 2.45) is 10.8 Å². The Morgan fingerprint density at radius 1 is 1.47 bits per heavy atom. The summed E-state index contributed by atoms with van der Waals surface area (Å²) in [7, 11) is 0. The van der Waals surface area contributed by atoms with Gasteiger partial charge in [-0.3, -0.25) is 4.79 Å². The second kappa shape index (κ2) is 4.52. The minimum Gasteiger partial charge on any atom is -0.465 e. The molecule has 1 heterocycles. The van der Waals surface area contributed by atoms with E-state index in [4.69, 9.17) is 4.74 Å². The quantitative estimate of drug-likeness (QED) is 0.728. The summed E-state index contributed by atoms with van der Waals surface area (Å²) in [5.41, 5.74) is -0.0625. The Labute approximate surface area is 92.6 Å². The van der Waals surface area contributed by atoms with Crippen molar-refractivity contribution in [1.29, 1.82) is 0 Å². The van der Waals surface area contributed by atoms with Crippen LogP contribution in [0.3, 0.4) is 0 Å². The lowest BCUT2D eigenvalue weighted by atomic mass is 9.90. The summed E-state index contributed by atoms with van der Waals surface area (Å²) in [5, 5.41) is 3.20. The Kier molecular flexibility index (Phi) is 3.77. The van der Waals surface area contributed by atoms with Crippen LogP contribution in [0.2, 0.25) is 0 Å². The normalized spacial score (nSPS) is 26.7. The average Bonchev–Trinajstić information content (AvgIpc) is 2.51. The molecule has 0 aromatic heterocycles. The van der Waals surface area contributed by atoms with E-state index in [1.807, 2.05) is 6.92 Å². The van der Waals surface area contributed by atoms with E-state index >= 15 is 0 Å². The summed E-state index contributed by atoms with van der Waals surface area (Å²) in [5.74, 6) is -0.0447. The van der Waals surface area contributed by atoms with Gasteiger partial charge in [-0.25, -0.2) is 0 Å². The Balaban J connectivity index is 2.30. The van der Waals surface area contributed by atoms with Crippen LogP contribution in [0, 0.1) is 10.8 Å². The molecule has 1 atom stereocenters. The molecule has 1 unspecified atom stereocenters. The number of carbonyl (C=O) groups is 1. The molecule has 1 aliphatic rings. The molecule has 1 aliphatic heterocycles. The highest BCUT2D eigenvalue weighted by Gasteiger charge is 2.37. The molecule has 3 nitrogen and oxygen atoms in total. The summed E-state index contributed by atoms with van der Waals surface area (Å²) in [6.07, 6.45) is 1.81. The predicted molar refractivity (Wildman–Crippen MR) is 60.6 cm³/mol.